The summed E-state index contributed by atoms with van der Waals surface area (Å²) >= 11 is 1.46. The Morgan fingerprint density at radius 2 is 1.80 bits per heavy atom. The predicted octanol–water partition coefficient (Wildman–Crippen LogP) is 5.27. The number of fused-ring (bicyclic) bond motifs is 2. The van der Waals surface area contributed by atoms with Gasteiger partial charge in [0, 0.05) is 17.0 Å². The lowest BCUT2D eigenvalue weighted by molar-refractivity contribution is -0.119. The third kappa shape index (κ3) is 6.26. The summed E-state index contributed by atoms with van der Waals surface area (Å²) in [5, 5.41) is 6.34. The minimum atomic E-state index is -0.0508. The second-order valence-corrected chi connectivity index (χ2v) is 10.8. The van der Waals surface area contributed by atoms with Crippen molar-refractivity contribution in [1.29, 1.82) is 0 Å². The predicted molar refractivity (Wildman–Crippen MR) is 125 cm³/mol. The van der Waals surface area contributed by atoms with Crippen molar-refractivity contribution in [3.05, 3.63) is 29.8 Å². The molecule has 0 aliphatic heterocycles. The SMILES string of the molecule is CC(C)CC[C@H](C)NC(=O)c1ccccc1SCC(=O)N[C@@H](C)[C@@H]1C[C@H]2CC[C@H]1C2. The van der Waals surface area contributed by atoms with Crippen molar-refractivity contribution in [1.82, 2.24) is 10.6 Å². The summed E-state index contributed by atoms with van der Waals surface area (Å²) in [7, 11) is 0. The monoisotopic (exact) mass is 430 g/mol. The van der Waals surface area contributed by atoms with Crippen LogP contribution >= 0.6 is 11.8 Å². The van der Waals surface area contributed by atoms with Crippen LogP contribution in [0, 0.1) is 23.7 Å². The first kappa shape index (κ1) is 23.2. The molecule has 2 N–H and O–H groups in total. The zero-order chi connectivity index (χ0) is 21.7. The van der Waals surface area contributed by atoms with Gasteiger partial charge in [0.2, 0.25) is 5.91 Å². The Morgan fingerprint density at radius 1 is 1.03 bits per heavy atom. The highest BCUT2D eigenvalue weighted by molar-refractivity contribution is 8.00. The van der Waals surface area contributed by atoms with Gasteiger partial charge in [0.15, 0.2) is 0 Å². The van der Waals surface area contributed by atoms with Crippen molar-refractivity contribution < 1.29 is 9.59 Å². The maximum Gasteiger partial charge on any atom is 0.252 e. The fourth-order valence-electron chi connectivity index (χ4n) is 5.19. The first-order chi connectivity index (χ1) is 14.3. The highest BCUT2D eigenvalue weighted by atomic mass is 32.2. The largest absolute Gasteiger partial charge is 0.353 e. The molecule has 0 heterocycles. The molecule has 1 aromatic rings. The average Bonchev–Trinajstić information content (AvgIpc) is 3.34. The van der Waals surface area contributed by atoms with Gasteiger partial charge in [0.25, 0.3) is 5.91 Å². The van der Waals surface area contributed by atoms with Gasteiger partial charge in [-0.25, -0.2) is 0 Å². The Labute approximate surface area is 186 Å². The number of hydrogen-bond acceptors (Lipinski definition) is 3. The summed E-state index contributed by atoms with van der Waals surface area (Å²) in [4.78, 5) is 26.2. The van der Waals surface area contributed by atoms with E-state index in [4.69, 9.17) is 0 Å². The molecule has 2 bridgehead atoms. The molecule has 2 fully saturated rings. The van der Waals surface area contributed by atoms with Crippen molar-refractivity contribution in [2.75, 3.05) is 5.75 Å². The fourth-order valence-corrected chi connectivity index (χ4v) is 6.05. The Balaban J connectivity index is 1.49. The van der Waals surface area contributed by atoms with Gasteiger partial charge in [-0.15, -0.1) is 11.8 Å². The van der Waals surface area contributed by atoms with E-state index in [2.05, 4.69) is 38.3 Å². The van der Waals surface area contributed by atoms with Crippen LogP contribution in [0.3, 0.4) is 0 Å². The summed E-state index contributed by atoms with van der Waals surface area (Å²) < 4.78 is 0. The van der Waals surface area contributed by atoms with Gasteiger partial charge in [-0.3, -0.25) is 9.59 Å². The van der Waals surface area contributed by atoms with Gasteiger partial charge < -0.3 is 10.6 Å². The molecular weight excluding hydrogens is 392 g/mol. The molecule has 0 unspecified atom stereocenters. The van der Waals surface area contributed by atoms with E-state index in [1.54, 1.807) is 0 Å². The zero-order valence-electron chi connectivity index (χ0n) is 18.9. The van der Waals surface area contributed by atoms with Crippen LogP contribution in [0.4, 0.5) is 0 Å². The number of carbonyl (C=O) groups is 2. The molecule has 166 valence electrons. The quantitative estimate of drug-likeness (QED) is 0.497. The number of benzene rings is 1. The van der Waals surface area contributed by atoms with E-state index < -0.39 is 0 Å². The molecule has 2 saturated carbocycles. The van der Waals surface area contributed by atoms with Gasteiger partial charge in [0.1, 0.15) is 0 Å². The fraction of sp³-hybridized carbons (Fsp3) is 0.680. The Bertz CT molecular complexity index is 736. The molecule has 4 nitrogen and oxygen atoms in total. The van der Waals surface area contributed by atoms with E-state index in [0.29, 0.717) is 23.2 Å². The number of amides is 2. The van der Waals surface area contributed by atoms with Gasteiger partial charge in [-0.05, 0) is 81.8 Å². The zero-order valence-corrected chi connectivity index (χ0v) is 19.8. The van der Waals surface area contributed by atoms with Gasteiger partial charge in [-0.2, -0.15) is 0 Å². The molecule has 0 radical (unpaired) electrons. The van der Waals surface area contributed by atoms with Crippen molar-refractivity contribution >= 4 is 23.6 Å². The molecule has 0 aromatic heterocycles. The molecule has 2 amide bonds. The van der Waals surface area contributed by atoms with E-state index in [-0.39, 0.29) is 23.9 Å². The highest BCUT2D eigenvalue weighted by Crippen LogP contribution is 2.49. The maximum absolute atomic E-state index is 12.8. The van der Waals surface area contributed by atoms with Crippen LogP contribution in [-0.4, -0.2) is 29.7 Å². The normalized spacial score (nSPS) is 24.6. The van der Waals surface area contributed by atoms with E-state index in [9.17, 15) is 9.59 Å². The third-order valence-corrected chi connectivity index (χ3v) is 7.94. The average molecular weight is 431 g/mol. The molecule has 2 aliphatic carbocycles. The lowest BCUT2D eigenvalue weighted by Crippen LogP contribution is -2.41. The minimum absolute atomic E-state index is 0.0508. The maximum atomic E-state index is 12.8. The van der Waals surface area contributed by atoms with Gasteiger partial charge in [-0.1, -0.05) is 32.4 Å². The van der Waals surface area contributed by atoms with Crippen LogP contribution in [0.2, 0.25) is 0 Å². The number of thioether (sulfide) groups is 1. The molecule has 0 saturated heterocycles. The van der Waals surface area contributed by atoms with Crippen LogP contribution in [0.25, 0.3) is 0 Å². The molecule has 3 rings (SSSR count). The lowest BCUT2D eigenvalue weighted by Gasteiger charge is -2.28. The van der Waals surface area contributed by atoms with Crippen molar-refractivity contribution in [3.8, 4) is 0 Å². The first-order valence-corrected chi connectivity index (χ1v) is 12.6. The first-order valence-electron chi connectivity index (χ1n) is 11.7. The summed E-state index contributed by atoms with van der Waals surface area (Å²) in [6.45, 7) is 8.61. The van der Waals surface area contributed by atoms with Crippen LogP contribution < -0.4 is 10.6 Å². The Morgan fingerprint density at radius 3 is 2.47 bits per heavy atom. The molecule has 1 aromatic carbocycles. The summed E-state index contributed by atoms with van der Waals surface area (Å²) in [5.41, 5.74) is 0.660. The standard InChI is InChI=1S/C25H38N2O2S/c1-16(2)9-10-17(3)26-25(29)21-7-5-6-8-23(21)30-15-24(28)27-18(4)22-14-19-11-12-20(22)13-19/h5-8,16-20,22H,9-15H2,1-4H3,(H,26,29)(H,27,28)/t17-,18-,19-,20-,22-/m0/s1. The minimum Gasteiger partial charge on any atom is -0.353 e. The highest BCUT2D eigenvalue weighted by Gasteiger charge is 2.42. The van der Waals surface area contributed by atoms with Crippen LogP contribution in [0.5, 0.6) is 0 Å². The van der Waals surface area contributed by atoms with Crippen molar-refractivity contribution in [3.63, 3.8) is 0 Å². The molecular formula is C25H38N2O2S. The van der Waals surface area contributed by atoms with Gasteiger partial charge in [0.05, 0.1) is 11.3 Å². The molecule has 0 spiro atoms. The van der Waals surface area contributed by atoms with E-state index in [0.717, 1.165) is 29.6 Å². The second-order valence-electron chi connectivity index (χ2n) is 9.83. The van der Waals surface area contributed by atoms with Crippen LogP contribution in [0.15, 0.2) is 29.2 Å². The number of rotatable bonds is 10. The number of nitrogens with one attached hydrogen (secondary N) is 2. The second kappa shape index (κ2) is 10.7. The van der Waals surface area contributed by atoms with E-state index >= 15 is 0 Å². The smallest absolute Gasteiger partial charge is 0.252 e. The van der Waals surface area contributed by atoms with Gasteiger partial charge >= 0.3 is 0 Å². The lowest BCUT2D eigenvalue weighted by atomic mass is 9.84. The Hall–Kier alpha value is -1.49. The molecule has 5 heteroatoms. The van der Waals surface area contributed by atoms with Crippen molar-refractivity contribution in [2.45, 2.75) is 83.2 Å². The van der Waals surface area contributed by atoms with Crippen LogP contribution in [-0.2, 0) is 4.79 Å². The molecule has 30 heavy (non-hydrogen) atoms. The molecule has 2 aliphatic rings. The number of hydrogen-bond donors (Lipinski definition) is 2. The summed E-state index contributed by atoms with van der Waals surface area (Å²) in [5.74, 6) is 3.33. The topological polar surface area (TPSA) is 58.2 Å². The summed E-state index contributed by atoms with van der Waals surface area (Å²) in [6.07, 6.45) is 7.42. The summed E-state index contributed by atoms with van der Waals surface area (Å²) in [6, 6.07) is 7.98. The molecule has 5 atom stereocenters. The van der Waals surface area contributed by atoms with Crippen molar-refractivity contribution in [2.24, 2.45) is 23.7 Å². The number of carbonyl (C=O) groups excluding carboxylic acids is 2. The van der Waals surface area contributed by atoms with E-state index in [1.807, 2.05) is 24.3 Å². The Kier molecular flexibility index (Phi) is 8.27. The van der Waals surface area contributed by atoms with E-state index in [1.165, 1.54) is 37.4 Å². The third-order valence-electron chi connectivity index (χ3n) is 6.87. The van der Waals surface area contributed by atoms with Crippen LogP contribution in [0.1, 0.15) is 76.6 Å².